The van der Waals surface area contributed by atoms with Gasteiger partial charge in [0.05, 0.1) is 0 Å². The summed E-state index contributed by atoms with van der Waals surface area (Å²) < 4.78 is 4.71. The Morgan fingerprint density at radius 1 is 1.50 bits per heavy atom. The van der Waals surface area contributed by atoms with E-state index in [0.29, 0.717) is 5.52 Å². The molecular weight excluding hydrogens is 130 g/mol. The molecule has 0 aromatic carbocycles. The first kappa shape index (κ1) is 5.29. The van der Waals surface area contributed by atoms with Crippen LogP contribution in [0.2, 0.25) is 0 Å². The molecule has 0 unspecified atom stereocenters. The van der Waals surface area contributed by atoms with E-state index in [1.807, 2.05) is 6.07 Å². The minimum atomic E-state index is -0.115. The van der Waals surface area contributed by atoms with Crippen molar-refractivity contribution in [2.45, 2.75) is 0 Å². The molecule has 0 saturated carbocycles. The monoisotopic (exact) mass is 135 g/mol. The van der Waals surface area contributed by atoms with Crippen LogP contribution in [0.25, 0.3) is 10.9 Å². The number of hydrogen-bond acceptors (Lipinski definition) is 3. The predicted octanol–water partition coefficient (Wildman–Crippen LogP) is 1.53. The van der Waals surface area contributed by atoms with E-state index in [4.69, 9.17) is 9.52 Å². The van der Waals surface area contributed by atoms with Crippen molar-refractivity contribution >= 4 is 10.9 Å². The van der Waals surface area contributed by atoms with Gasteiger partial charge >= 0.3 is 5.95 Å². The van der Waals surface area contributed by atoms with E-state index in [1.54, 1.807) is 12.3 Å². The van der Waals surface area contributed by atoms with Gasteiger partial charge in [-0.1, -0.05) is 0 Å². The SMILES string of the molecule is Oc1occ2cccnc12. The van der Waals surface area contributed by atoms with Crippen molar-refractivity contribution in [3.63, 3.8) is 0 Å². The zero-order chi connectivity index (χ0) is 6.97. The summed E-state index contributed by atoms with van der Waals surface area (Å²) in [4.78, 5) is 3.90. The van der Waals surface area contributed by atoms with Gasteiger partial charge in [-0.15, -0.1) is 0 Å². The van der Waals surface area contributed by atoms with Crippen LogP contribution < -0.4 is 0 Å². The third kappa shape index (κ3) is 0.572. The van der Waals surface area contributed by atoms with E-state index in [1.165, 1.54) is 6.26 Å². The van der Waals surface area contributed by atoms with Crippen molar-refractivity contribution in [2.75, 3.05) is 0 Å². The molecular formula is C7H5NO2. The number of nitrogens with zero attached hydrogens (tertiary/aromatic N) is 1. The zero-order valence-electron chi connectivity index (χ0n) is 5.11. The van der Waals surface area contributed by atoms with Gasteiger partial charge in [0.1, 0.15) is 6.26 Å². The molecule has 50 valence electrons. The number of furan rings is 1. The van der Waals surface area contributed by atoms with Gasteiger partial charge in [-0.3, -0.25) is 0 Å². The van der Waals surface area contributed by atoms with Gasteiger partial charge in [0.15, 0.2) is 5.52 Å². The van der Waals surface area contributed by atoms with Crippen LogP contribution in [0.4, 0.5) is 0 Å². The molecule has 2 rings (SSSR count). The number of hydrogen-bond donors (Lipinski definition) is 1. The van der Waals surface area contributed by atoms with Gasteiger partial charge < -0.3 is 9.52 Å². The minimum absolute atomic E-state index is 0.115. The lowest BCUT2D eigenvalue weighted by Crippen LogP contribution is -1.68. The predicted molar refractivity (Wildman–Crippen MR) is 35.7 cm³/mol. The highest BCUT2D eigenvalue weighted by Gasteiger charge is 2.02. The van der Waals surface area contributed by atoms with Crippen molar-refractivity contribution in [1.29, 1.82) is 0 Å². The van der Waals surface area contributed by atoms with Crippen LogP contribution in [-0.2, 0) is 0 Å². The van der Waals surface area contributed by atoms with Crippen LogP contribution in [0.1, 0.15) is 0 Å². The Labute approximate surface area is 56.9 Å². The van der Waals surface area contributed by atoms with E-state index in [-0.39, 0.29) is 5.95 Å². The Hall–Kier alpha value is -1.51. The molecule has 0 bridgehead atoms. The first-order valence-electron chi connectivity index (χ1n) is 2.89. The van der Waals surface area contributed by atoms with E-state index in [2.05, 4.69) is 4.98 Å². The molecule has 0 spiro atoms. The Bertz CT molecular complexity index is 353. The number of fused-ring (bicyclic) bond motifs is 1. The highest BCUT2D eigenvalue weighted by atomic mass is 16.5. The summed E-state index contributed by atoms with van der Waals surface area (Å²) in [5, 5.41) is 9.80. The summed E-state index contributed by atoms with van der Waals surface area (Å²) in [5.74, 6) is -0.115. The van der Waals surface area contributed by atoms with E-state index < -0.39 is 0 Å². The Balaban J connectivity index is 2.93. The molecule has 2 heterocycles. The third-order valence-electron chi connectivity index (χ3n) is 1.34. The van der Waals surface area contributed by atoms with Gasteiger partial charge in [-0.25, -0.2) is 4.98 Å². The average Bonchev–Trinajstić information content (AvgIpc) is 2.34. The van der Waals surface area contributed by atoms with Crippen molar-refractivity contribution in [1.82, 2.24) is 4.98 Å². The van der Waals surface area contributed by atoms with E-state index in [0.717, 1.165) is 5.39 Å². The molecule has 2 aromatic heterocycles. The van der Waals surface area contributed by atoms with Gasteiger partial charge in [-0.2, -0.15) is 0 Å². The van der Waals surface area contributed by atoms with Crippen LogP contribution in [0.5, 0.6) is 5.95 Å². The minimum Gasteiger partial charge on any atom is -0.479 e. The number of aromatic hydroxyl groups is 1. The Morgan fingerprint density at radius 2 is 2.40 bits per heavy atom. The quantitative estimate of drug-likeness (QED) is 0.595. The summed E-state index contributed by atoms with van der Waals surface area (Å²) >= 11 is 0. The van der Waals surface area contributed by atoms with Gasteiger partial charge in [0.2, 0.25) is 0 Å². The molecule has 10 heavy (non-hydrogen) atoms. The van der Waals surface area contributed by atoms with Crippen LogP contribution in [0.15, 0.2) is 29.0 Å². The Kier molecular flexibility index (Phi) is 0.917. The first-order valence-corrected chi connectivity index (χ1v) is 2.89. The lowest BCUT2D eigenvalue weighted by molar-refractivity contribution is 0.337. The molecule has 0 radical (unpaired) electrons. The first-order chi connectivity index (χ1) is 4.88. The highest BCUT2D eigenvalue weighted by Crippen LogP contribution is 2.22. The van der Waals surface area contributed by atoms with Crippen molar-refractivity contribution < 1.29 is 9.52 Å². The van der Waals surface area contributed by atoms with Crippen LogP contribution in [0.3, 0.4) is 0 Å². The maximum Gasteiger partial charge on any atom is 0.309 e. The molecule has 0 atom stereocenters. The van der Waals surface area contributed by atoms with Crippen molar-refractivity contribution in [3.05, 3.63) is 24.6 Å². The summed E-state index contributed by atoms with van der Waals surface area (Å²) in [5.41, 5.74) is 0.516. The standard InChI is InChI=1S/C7H5NO2/c9-7-6-5(4-10-7)2-1-3-8-6/h1-4,9H. The van der Waals surface area contributed by atoms with Crippen LogP contribution in [0, 0.1) is 0 Å². The lowest BCUT2D eigenvalue weighted by atomic mass is 10.3. The van der Waals surface area contributed by atoms with E-state index in [9.17, 15) is 0 Å². The summed E-state index contributed by atoms with van der Waals surface area (Å²) in [6, 6.07) is 3.61. The van der Waals surface area contributed by atoms with Crippen LogP contribution >= 0.6 is 0 Å². The number of aromatic nitrogens is 1. The lowest BCUT2D eigenvalue weighted by Gasteiger charge is -1.82. The topological polar surface area (TPSA) is 46.3 Å². The van der Waals surface area contributed by atoms with Gasteiger partial charge in [0, 0.05) is 11.6 Å². The smallest absolute Gasteiger partial charge is 0.309 e. The normalized spacial score (nSPS) is 10.4. The molecule has 0 aliphatic rings. The second-order valence-corrected chi connectivity index (χ2v) is 1.98. The van der Waals surface area contributed by atoms with Gasteiger partial charge in [-0.05, 0) is 12.1 Å². The highest BCUT2D eigenvalue weighted by molar-refractivity contribution is 5.81. The Morgan fingerprint density at radius 3 is 3.20 bits per heavy atom. The second-order valence-electron chi connectivity index (χ2n) is 1.98. The van der Waals surface area contributed by atoms with Crippen LogP contribution in [-0.4, -0.2) is 10.1 Å². The van der Waals surface area contributed by atoms with Gasteiger partial charge in [0.25, 0.3) is 0 Å². The zero-order valence-corrected chi connectivity index (χ0v) is 5.11. The summed E-state index contributed by atoms with van der Waals surface area (Å²) in [6.45, 7) is 0. The fourth-order valence-electron chi connectivity index (χ4n) is 0.867. The largest absolute Gasteiger partial charge is 0.479 e. The molecule has 3 nitrogen and oxygen atoms in total. The number of pyridine rings is 1. The molecule has 0 aliphatic heterocycles. The summed E-state index contributed by atoms with van der Waals surface area (Å²) in [7, 11) is 0. The maximum atomic E-state index is 8.98. The number of rotatable bonds is 0. The molecule has 2 aromatic rings. The fraction of sp³-hybridized carbons (Fsp3) is 0. The molecule has 3 heteroatoms. The summed E-state index contributed by atoms with van der Waals surface area (Å²) in [6.07, 6.45) is 3.08. The van der Waals surface area contributed by atoms with E-state index >= 15 is 0 Å². The average molecular weight is 135 g/mol. The third-order valence-corrected chi connectivity index (χ3v) is 1.34. The molecule has 0 saturated heterocycles. The van der Waals surface area contributed by atoms with Crippen molar-refractivity contribution in [2.24, 2.45) is 0 Å². The maximum absolute atomic E-state index is 8.98. The molecule has 0 amide bonds. The fourth-order valence-corrected chi connectivity index (χ4v) is 0.867. The second kappa shape index (κ2) is 1.73. The van der Waals surface area contributed by atoms with Crippen molar-refractivity contribution in [3.8, 4) is 5.95 Å². The molecule has 0 fully saturated rings. The molecule has 0 aliphatic carbocycles. The molecule has 1 N–H and O–H groups in total.